The monoisotopic (exact) mass is 298 g/mol. The highest BCUT2D eigenvalue weighted by atomic mass is 79.9. The molecule has 1 aromatic carbocycles. The van der Waals surface area contributed by atoms with Crippen molar-refractivity contribution in [3.63, 3.8) is 0 Å². The number of anilines is 1. The predicted molar refractivity (Wildman–Crippen MR) is 63.3 cm³/mol. The van der Waals surface area contributed by atoms with Crippen LogP contribution in [0.2, 0.25) is 0 Å². The number of aryl methyl sites for hydroxylation is 1. The Morgan fingerprint density at radius 1 is 1.47 bits per heavy atom. The highest BCUT2D eigenvalue weighted by molar-refractivity contribution is 9.10. The maximum Gasteiger partial charge on any atom is 0.277 e. The van der Waals surface area contributed by atoms with Gasteiger partial charge < -0.3 is 9.84 Å². The van der Waals surface area contributed by atoms with Crippen molar-refractivity contribution in [2.45, 2.75) is 6.92 Å². The van der Waals surface area contributed by atoms with Gasteiger partial charge in [0.25, 0.3) is 5.91 Å². The van der Waals surface area contributed by atoms with Crippen LogP contribution in [-0.4, -0.2) is 11.1 Å². The minimum absolute atomic E-state index is 0.0962. The largest absolute Gasteiger partial charge is 0.361 e. The van der Waals surface area contributed by atoms with Crippen LogP contribution in [0.25, 0.3) is 0 Å². The second-order valence-corrected chi connectivity index (χ2v) is 4.32. The Balaban J connectivity index is 2.18. The molecule has 0 saturated heterocycles. The van der Waals surface area contributed by atoms with E-state index in [1.807, 2.05) is 0 Å². The fraction of sp³-hybridized carbons (Fsp3) is 0.0909. The molecular weight excluding hydrogens is 291 g/mol. The molecule has 2 rings (SSSR count). The van der Waals surface area contributed by atoms with Crippen molar-refractivity contribution in [2.75, 3.05) is 5.32 Å². The van der Waals surface area contributed by atoms with Gasteiger partial charge in [-0.3, -0.25) is 4.79 Å². The molecule has 0 saturated carbocycles. The van der Waals surface area contributed by atoms with Gasteiger partial charge in [-0.05, 0) is 25.1 Å². The first-order valence-corrected chi connectivity index (χ1v) is 5.55. The van der Waals surface area contributed by atoms with E-state index in [1.165, 1.54) is 18.2 Å². The number of carbonyl (C=O) groups is 1. The van der Waals surface area contributed by atoms with Gasteiger partial charge in [-0.25, -0.2) is 4.39 Å². The summed E-state index contributed by atoms with van der Waals surface area (Å²) in [6, 6.07) is 5.84. The van der Waals surface area contributed by atoms with Gasteiger partial charge in [0.05, 0.1) is 5.69 Å². The van der Waals surface area contributed by atoms with Gasteiger partial charge in [0.1, 0.15) is 11.6 Å². The number of hydrogen-bond acceptors (Lipinski definition) is 3. The molecule has 88 valence electrons. The Morgan fingerprint density at radius 2 is 2.24 bits per heavy atom. The minimum Gasteiger partial charge on any atom is -0.361 e. The molecule has 0 aliphatic heterocycles. The number of carbonyl (C=O) groups excluding carboxylic acids is 1. The molecule has 0 bridgehead atoms. The summed E-state index contributed by atoms with van der Waals surface area (Å²) in [4.78, 5) is 11.7. The second-order valence-electron chi connectivity index (χ2n) is 3.40. The van der Waals surface area contributed by atoms with Crippen LogP contribution >= 0.6 is 15.9 Å². The van der Waals surface area contributed by atoms with Crippen molar-refractivity contribution in [1.29, 1.82) is 0 Å². The number of amides is 1. The Kier molecular flexibility index (Phi) is 3.23. The van der Waals surface area contributed by atoms with Crippen LogP contribution in [0.5, 0.6) is 0 Å². The van der Waals surface area contributed by atoms with Gasteiger partial charge in [-0.1, -0.05) is 21.1 Å². The Morgan fingerprint density at radius 3 is 2.82 bits per heavy atom. The number of benzene rings is 1. The summed E-state index contributed by atoms with van der Waals surface area (Å²) in [5.41, 5.74) is 0.212. The van der Waals surface area contributed by atoms with Gasteiger partial charge in [0, 0.05) is 10.5 Å². The molecule has 0 aliphatic carbocycles. The predicted octanol–water partition coefficient (Wildman–Crippen LogP) is 3.14. The fourth-order valence-corrected chi connectivity index (χ4v) is 1.58. The summed E-state index contributed by atoms with van der Waals surface area (Å²) in [7, 11) is 0. The number of hydrogen-bond donors (Lipinski definition) is 1. The lowest BCUT2D eigenvalue weighted by Crippen LogP contribution is -2.13. The van der Waals surface area contributed by atoms with Crippen LogP contribution in [0.15, 0.2) is 33.3 Å². The van der Waals surface area contributed by atoms with Gasteiger partial charge in [0.2, 0.25) is 0 Å². The zero-order valence-corrected chi connectivity index (χ0v) is 10.4. The maximum absolute atomic E-state index is 13.4. The summed E-state index contributed by atoms with van der Waals surface area (Å²) >= 11 is 3.13. The third kappa shape index (κ3) is 2.71. The molecule has 0 aliphatic rings. The number of nitrogens with zero attached hydrogens (tertiary/aromatic N) is 1. The number of nitrogens with one attached hydrogen (secondary N) is 1. The molecule has 2 aromatic rings. The van der Waals surface area contributed by atoms with Crippen LogP contribution in [0.1, 0.15) is 16.2 Å². The molecule has 0 unspecified atom stereocenters. The maximum atomic E-state index is 13.4. The average molecular weight is 299 g/mol. The van der Waals surface area contributed by atoms with E-state index in [0.29, 0.717) is 10.2 Å². The van der Waals surface area contributed by atoms with E-state index in [2.05, 4.69) is 26.4 Å². The van der Waals surface area contributed by atoms with E-state index in [4.69, 9.17) is 4.52 Å². The van der Waals surface area contributed by atoms with Crippen LogP contribution in [0, 0.1) is 12.7 Å². The third-order valence-corrected chi connectivity index (χ3v) is 2.53. The Bertz CT molecular complexity index is 568. The number of halogens is 2. The Labute approximate surface area is 105 Å². The van der Waals surface area contributed by atoms with Crippen LogP contribution in [-0.2, 0) is 0 Å². The molecule has 1 heterocycles. The zero-order valence-electron chi connectivity index (χ0n) is 8.83. The van der Waals surface area contributed by atoms with Crippen molar-refractivity contribution in [3.8, 4) is 0 Å². The first-order chi connectivity index (χ1) is 8.06. The van der Waals surface area contributed by atoms with E-state index in [1.54, 1.807) is 13.0 Å². The second kappa shape index (κ2) is 4.67. The van der Waals surface area contributed by atoms with E-state index >= 15 is 0 Å². The zero-order chi connectivity index (χ0) is 12.4. The van der Waals surface area contributed by atoms with E-state index in [0.717, 1.165) is 0 Å². The summed E-state index contributed by atoms with van der Waals surface area (Å²) in [6.45, 7) is 1.67. The highest BCUT2D eigenvalue weighted by Gasteiger charge is 2.13. The van der Waals surface area contributed by atoms with Gasteiger partial charge in [0.15, 0.2) is 5.69 Å². The molecular formula is C11H8BrFN2O2. The fourth-order valence-electron chi connectivity index (χ4n) is 1.25. The molecule has 6 heteroatoms. The van der Waals surface area contributed by atoms with E-state index in [-0.39, 0.29) is 11.4 Å². The molecule has 17 heavy (non-hydrogen) atoms. The lowest BCUT2D eigenvalue weighted by molar-refractivity contribution is 0.101. The first-order valence-electron chi connectivity index (χ1n) is 4.76. The van der Waals surface area contributed by atoms with Crippen molar-refractivity contribution in [1.82, 2.24) is 5.16 Å². The topological polar surface area (TPSA) is 55.1 Å². The minimum atomic E-state index is -0.520. The molecule has 0 spiro atoms. The van der Waals surface area contributed by atoms with Gasteiger partial charge >= 0.3 is 0 Å². The van der Waals surface area contributed by atoms with Crippen LogP contribution < -0.4 is 5.32 Å². The van der Waals surface area contributed by atoms with E-state index in [9.17, 15) is 9.18 Å². The molecule has 1 N–H and O–H groups in total. The molecule has 0 atom stereocenters. The summed E-state index contributed by atoms with van der Waals surface area (Å²) in [6.07, 6.45) is 0. The van der Waals surface area contributed by atoms with Gasteiger partial charge in [-0.2, -0.15) is 0 Å². The number of aromatic nitrogens is 1. The van der Waals surface area contributed by atoms with Crippen LogP contribution in [0.4, 0.5) is 10.1 Å². The van der Waals surface area contributed by atoms with Crippen LogP contribution in [0.3, 0.4) is 0 Å². The quantitative estimate of drug-likeness (QED) is 0.927. The van der Waals surface area contributed by atoms with E-state index < -0.39 is 11.7 Å². The lowest BCUT2D eigenvalue weighted by atomic mass is 10.3. The molecule has 4 nitrogen and oxygen atoms in total. The molecule has 1 aromatic heterocycles. The lowest BCUT2D eigenvalue weighted by Gasteiger charge is -2.04. The molecule has 0 radical (unpaired) electrons. The highest BCUT2D eigenvalue weighted by Crippen LogP contribution is 2.19. The van der Waals surface area contributed by atoms with Crippen molar-refractivity contribution in [3.05, 3.63) is 46.0 Å². The summed E-state index contributed by atoms with van der Waals surface area (Å²) in [5.74, 6) is -0.512. The SMILES string of the molecule is Cc1cc(C(=O)Nc2ccc(Br)cc2F)no1. The smallest absolute Gasteiger partial charge is 0.277 e. The third-order valence-electron chi connectivity index (χ3n) is 2.04. The van der Waals surface area contributed by atoms with Crippen molar-refractivity contribution < 1.29 is 13.7 Å². The first kappa shape index (κ1) is 11.8. The summed E-state index contributed by atoms with van der Waals surface area (Å²) in [5, 5.41) is 5.95. The standard InChI is InChI=1S/C11H8BrFN2O2/c1-6-4-10(15-17-6)11(16)14-9-3-2-7(12)5-8(9)13/h2-5H,1H3,(H,14,16). The summed E-state index contributed by atoms with van der Waals surface area (Å²) < 4.78 is 18.8. The average Bonchev–Trinajstić information content (AvgIpc) is 2.69. The Hall–Kier alpha value is -1.69. The van der Waals surface area contributed by atoms with Crippen molar-refractivity contribution in [2.24, 2.45) is 0 Å². The van der Waals surface area contributed by atoms with Crippen molar-refractivity contribution >= 4 is 27.5 Å². The van der Waals surface area contributed by atoms with Gasteiger partial charge in [-0.15, -0.1) is 0 Å². The number of rotatable bonds is 2. The molecule has 1 amide bonds. The molecule has 0 fully saturated rings. The normalized spacial score (nSPS) is 10.3.